The number of tetrazole rings is 1. The van der Waals surface area contributed by atoms with Crippen molar-refractivity contribution in [3.63, 3.8) is 0 Å². The second-order valence-corrected chi connectivity index (χ2v) is 7.52. The van der Waals surface area contributed by atoms with Gasteiger partial charge in [0.05, 0.1) is 18.8 Å². The summed E-state index contributed by atoms with van der Waals surface area (Å²) >= 11 is 0. The van der Waals surface area contributed by atoms with Crippen LogP contribution in [0.3, 0.4) is 0 Å². The number of aromatic nitrogens is 4. The summed E-state index contributed by atoms with van der Waals surface area (Å²) in [6, 6.07) is 7.78. The van der Waals surface area contributed by atoms with E-state index in [0.717, 1.165) is 56.3 Å². The van der Waals surface area contributed by atoms with Gasteiger partial charge >= 0.3 is 0 Å². The molecule has 0 unspecified atom stereocenters. The molecular weight excluding hydrogens is 356 g/mol. The van der Waals surface area contributed by atoms with Crippen LogP contribution in [0.4, 0.5) is 0 Å². The second-order valence-electron chi connectivity index (χ2n) is 7.52. The lowest BCUT2D eigenvalue weighted by Crippen LogP contribution is -2.49. The van der Waals surface area contributed by atoms with Crippen molar-refractivity contribution in [3.05, 3.63) is 30.1 Å². The van der Waals surface area contributed by atoms with Gasteiger partial charge in [0, 0.05) is 32.1 Å². The van der Waals surface area contributed by atoms with E-state index in [1.165, 1.54) is 12.8 Å². The molecule has 1 amide bonds. The van der Waals surface area contributed by atoms with E-state index in [1.54, 1.807) is 4.68 Å². The number of hydrogen-bond acceptors (Lipinski definition) is 6. The Morgan fingerprint density at radius 3 is 2.50 bits per heavy atom. The molecule has 2 aromatic rings. The molecular formula is C20H28N6O2. The van der Waals surface area contributed by atoms with Crippen molar-refractivity contribution >= 4 is 5.91 Å². The molecule has 4 rings (SSSR count). The van der Waals surface area contributed by atoms with Crippen LogP contribution in [0, 0.1) is 5.92 Å². The summed E-state index contributed by atoms with van der Waals surface area (Å²) in [5.74, 6) is 2.26. The fourth-order valence-corrected chi connectivity index (χ4v) is 4.11. The smallest absolute Gasteiger partial charge is 0.225 e. The molecule has 150 valence electrons. The number of nitrogens with zero attached hydrogens (tertiary/aromatic N) is 6. The Balaban J connectivity index is 1.34. The Hall–Kier alpha value is -2.48. The highest BCUT2D eigenvalue weighted by Crippen LogP contribution is 2.27. The summed E-state index contributed by atoms with van der Waals surface area (Å²) in [7, 11) is 0. The Labute approximate surface area is 165 Å². The molecule has 28 heavy (non-hydrogen) atoms. The maximum absolute atomic E-state index is 12.6. The van der Waals surface area contributed by atoms with Crippen LogP contribution >= 0.6 is 0 Å². The van der Waals surface area contributed by atoms with Crippen molar-refractivity contribution in [2.24, 2.45) is 5.92 Å². The van der Waals surface area contributed by atoms with Crippen molar-refractivity contribution in [1.29, 1.82) is 0 Å². The first-order valence-electron chi connectivity index (χ1n) is 10.3. The van der Waals surface area contributed by atoms with Crippen LogP contribution in [0.2, 0.25) is 0 Å². The first-order chi connectivity index (χ1) is 13.7. The van der Waals surface area contributed by atoms with Crippen molar-refractivity contribution in [2.75, 3.05) is 32.8 Å². The molecule has 1 aliphatic heterocycles. The molecule has 1 aromatic heterocycles. The van der Waals surface area contributed by atoms with Crippen molar-refractivity contribution in [3.8, 4) is 11.4 Å². The molecule has 0 radical (unpaired) electrons. The summed E-state index contributed by atoms with van der Waals surface area (Å²) in [6.45, 7) is 6.58. The average molecular weight is 384 g/mol. The van der Waals surface area contributed by atoms with Gasteiger partial charge in [-0.05, 0) is 54.5 Å². The van der Waals surface area contributed by atoms with Crippen LogP contribution in [-0.4, -0.2) is 68.7 Å². The van der Waals surface area contributed by atoms with E-state index in [4.69, 9.17) is 4.74 Å². The number of hydrogen-bond donors (Lipinski definition) is 0. The number of amides is 1. The van der Waals surface area contributed by atoms with Gasteiger partial charge in [-0.3, -0.25) is 9.69 Å². The van der Waals surface area contributed by atoms with Gasteiger partial charge in [0.15, 0.2) is 5.82 Å². The molecule has 1 aromatic carbocycles. The van der Waals surface area contributed by atoms with Crippen LogP contribution in [0.25, 0.3) is 5.69 Å². The quantitative estimate of drug-likeness (QED) is 0.757. The van der Waals surface area contributed by atoms with E-state index in [1.807, 2.05) is 36.1 Å². The standard InChI is InChI=1S/C20H28N6O2/c1-2-28-18-9-7-17(8-10-18)26-19(21-22-23-26)15-24-11-13-25(14-12-24)20(27)16-5-3-4-6-16/h7-10,16H,2-6,11-15H2,1H3. The number of carbonyl (C=O) groups excluding carboxylic acids is 1. The lowest BCUT2D eigenvalue weighted by atomic mass is 10.1. The fourth-order valence-electron chi connectivity index (χ4n) is 4.11. The molecule has 2 heterocycles. The second kappa shape index (κ2) is 8.68. The number of piperazine rings is 1. The highest BCUT2D eigenvalue weighted by atomic mass is 16.5. The maximum Gasteiger partial charge on any atom is 0.225 e. The zero-order chi connectivity index (χ0) is 19.3. The highest BCUT2D eigenvalue weighted by Gasteiger charge is 2.29. The van der Waals surface area contributed by atoms with Crippen LogP contribution in [0.15, 0.2) is 24.3 Å². The van der Waals surface area contributed by atoms with E-state index in [9.17, 15) is 4.79 Å². The minimum Gasteiger partial charge on any atom is -0.494 e. The molecule has 1 saturated carbocycles. The van der Waals surface area contributed by atoms with Crippen LogP contribution in [0.5, 0.6) is 5.75 Å². The molecule has 1 saturated heterocycles. The molecule has 0 N–H and O–H groups in total. The number of carbonyl (C=O) groups is 1. The van der Waals surface area contributed by atoms with E-state index >= 15 is 0 Å². The molecule has 2 fully saturated rings. The van der Waals surface area contributed by atoms with Gasteiger partial charge in [0.2, 0.25) is 5.91 Å². The summed E-state index contributed by atoms with van der Waals surface area (Å²) in [4.78, 5) is 17.0. The highest BCUT2D eigenvalue weighted by molar-refractivity contribution is 5.79. The van der Waals surface area contributed by atoms with Gasteiger partial charge in [-0.2, -0.15) is 4.68 Å². The molecule has 0 atom stereocenters. The minimum absolute atomic E-state index is 0.263. The first-order valence-corrected chi connectivity index (χ1v) is 10.3. The van der Waals surface area contributed by atoms with Gasteiger partial charge in [0.25, 0.3) is 0 Å². The zero-order valence-corrected chi connectivity index (χ0v) is 16.5. The molecule has 1 aliphatic carbocycles. The van der Waals surface area contributed by atoms with E-state index in [0.29, 0.717) is 19.1 Å². The number of rotatable bonds is 6. The fraction of sp³-hybridized carbons (Fsp3) is 0.600. The molecule has 0 bridgehead atoms. The van der Waals surface area contributed by atoms with Crippen LogP contribution in [0.1, 0.15) is 38.4 Å². The van der Waals surface area contributed by atoms with Crippen molar-refractivity contribution in [1.82, 2.24) is 30.0 Å². The third-order valence-corrected chi connectivity index (χ3v) is 5.68. The summed E-state index contributed by atoms with van der Waals surface area (Å²) in [5.41, 5.74) is 0.915. The van der Waals surface area contributed by atoms with Gasteiger partial charge in [-0.1, -0.05) is 12.8 Å². The number of benzene rings is 1. The van der Waals surface area contributed by atoms with Crippen molar-refractivity contribution in [2.45, 2.75) is 39.2 Å². The number of ether oxygens (including phenoxy) is 1. The monoisotopic (exact) mass is 384 g/mol. The summed E-state index contributed by atoms with van der Waals surface area (Å²) < 4.78 is 7.26. The van der Waals surface area contributed by atoms with Crippen molar-refractivity contribution < 1.29 is 9.53 Å². The van der Waals surface area contributed by atoms with Gasteiger partial charge in [-0.25, -0.2) is 0 Å². The van der Waals surface area contributed by atoms with E-state index < -0.39 is 0 Å². The van der Waals surface area contributed by atoms with Gasteiger partial charge in [0.1, 0.15) is 5.75 Å². The SMILES string of the molecule is CCOc1ccc(-n2nnnc2CN2CCN(C(=O)C3CCCC3)CC2)cc1. The van der Waals surface area contributed by atoms with Gasteiger partial charge in [-0.15, -0.1) is 5.10 Å². The molecule has 8 heteroatoms. The molecule has 2 aliphatic rings. The Bertz CT molecular complexity index is 776. The minimum atomic E-state index is 0.263. The Morgan fingerprint density at radius 1 is 1.11 bits per heavy atom. The average Bonchev–Trinajstić information content (AvgIpc) is 3.41. The van der Waals surface area contributed by atoms with Crippen LogP contribution < -0.4 is 4.74 Å². The molecule has 0 spiro atoms. The lowest BCUT2D eigenvalue weighted by Gasteiger charge is -2.35. The van der Waals surface area contributed by atoms with E-state index in [2.05, 4.69) is 20.4 Å². The van der Waals surface area contributed by atoms with Gasteiger partial charge < -0.3 is 9.64 Å². The lowest BCUT2D eigenvalue weighted by molar-refractivity contribution is -0.137. The van der Waals surface area contributed by atoms with E-state index in [-0.39, 0.29) is 5.92 Å². The summed E-state index contributed by atoms with van der Waals surface area (Å²) in [6.07, 6.45) is 4.53. The maximum atomic E-state index is 12.6. The predicted molar refractivity (Wildman–Crippen MR) is 104 cm³/mol. The topological polar surface area (TPSA) is 76.4 Å². The Morgan fingerprint density at radius 2 is 1.82 bits per heavy atom. The van der Waals surface area contributed by atoms with Crippen LogP contribution in [-0.2, 0) is 11.3 Å². The predicted octanol–water partition coefficient (Wildman–Crippen LogP) is 1.90. The third-order valence-electron chi connectivity index (χ3n) is 5.68. The Kier molecular flexibility index (Phi) is 5.85. The largest absolute Gasteiger partial charge is 0.494 e. The first kappa shape index (κ1) is 18.9. The zero-order valence-electron chi connectivity index (χ0n) is 16.5. The normalized spacial score (nSPS) is 18.5. The third kappa shape index (κ3) is 4.16. The molecule has 8 nitrogen and oxygen atoms in total. The summed E-state index contributed by atoms with van der Waals surface area (Å²) in [5, 5.41) is 12.2.